The van der Waals surface area contributed by atoms with Gasteiger partial charge in [-0.15, -0.1) is 0 Å². The summed E-state index contributed by atoms with van der Waals surface area (Å²) < 4.78 is 31.6. The van der Waals surface area contributed by atoms with Gasteiger partial charge in [0.25, 0.3) is 0 Å². The maximum Gasteiger partial charge on any atom is 0.317 e. The molecule has 2 amide bonds. The number of benzene rings is 1. The Hall–Kier alpha value is -2.38. The van der Waals surface area contributed by atoms with Crippen LogP contribution in [0.5, 0.6) is 5.75 Å². The number of piperidine rings is 1. The summed E-state index contributed by atoms with van der Waals surface area (Å²) in [4.78, 5) is 25.8. The van der Waals surface area contributed by atoms with E-state index in [-0.39, 0.29) is 35.4 Å². The number of phenolic OH excluding ortho intramolecular Hbond substituents is 1. The third kappa shape index (κ3) is 4.36. The lowest BCUT2D eigenvalue weighted by atomic mass is 9.65. The molecule has 2 aliphatic rings. The van der Waals surface area contributed by atoms with Crippen molar-refractivity contribution in [1.29, 1.82) is 0 Å². The zero-order valence-corrected chi connectivity index (χ0v) is 16.0. The molecule has 1 aliphatic carbocycles. The van der Waals surface area contributed by atoms with E-state index >= 15 is 0 Å². The second-order valence-corrected chi connectivity index (χ2v) is 7.85. The van der Waals surface area contributed by atoms with Crippen molar-refractivity contribution in [2.24, 2.45) is 11.3 Å². The molecule has 1 aromatic carbocycles. The van der Waals surface area contributed by atoms with Crippen LogP contribution >= 0.6 is 0 Å². The van der Waals surface area contributed by atoms with E-state index in [4.69, 9.17) is 9.84 Å². The molecule has 2 N–H and O–H groups in total. The summed E-state index contributed by atoms with van der Waals surface area (Å²) in [5, 5.41) is 11.8. The Labute approximate surface area is 162 Å². The number of esters is 1. The van der Waals surface area contributed by atoms with Crippen LogP contribution in [0.2, 0.25) is 0 Å². The molecule has 0 radical (unpaired) electrons. The molecule has 28 heavy (non-hydrogen) atoms. The first kappa shape index (κ1) is 20.4. The van der Waals surface area contributed by atoms with Crippen molar-refractivity contribution in [1.82, 2.24) is 10.2 Å². The van der Waals surface area contributed by atoms with Gasteiger partial charge < -0.3 is 20.1 Å². The van der Waals surface area contributed by atoms with Crippen LogP contribution in [0.15, 0.2) is 12.1 Å². The Morgan fingerprint density at radius 2 is 1.75 bits per heavy atom. The van der Waals surface area contributed by atoms with Gasteiger partial charge in [0.2, 0.25) is 0 Å². The number of nitrogens with one attached hydrogen (secondary N) is 1. The lowest BCUT2D eigenvalue weighted by molar-refractivity contribution is -0.147. The van der Waals surface area contributed by atoms with Crippen molar-refractivity contribution < 1.29 is 28.2 Å². The summed E-state index contributed by atoms with van der Waals surface area (Å²) >= 11 is 0. The second kappa shape index (κ2) is 8.32. The average Bonchev–Trinajstić information content (AvgIpc) is 2.70. The molecule has 0 unspecified atom stereocenters. The van der Waals surface area contributed by atoms with E-state index in [0.717, 1.165) is 50.7 Å². The molecule has 0 aromatic heterocycles. The first-order chi connectivity index (χ1) is 13.3. The van der Waals surface area contributed by atoms with Crippen LogP contribution in [0.1, 0.15) is 44.1 Å². The van der Waals surface area contributed by atoms with E-state index < -0.39 is 17.4 Å². The fraction of sp³-hybridized carbons (Fsp3) is 0.600. The van der Waals surface area contributed by atoms with Crippen molar-refractivity contribution in [2.75, 3.05) is 20.2 Å². The number of halogens is 2. The van der Waals surface area contributed by atoms with Crippen LogP contribution in [0.4, 0.5) is 13.6 Å². The SMILES string of the molecule is COC(=O)C1CCC2(CC1)CCN(C(=O)NCc1cc(F)c(O)c(F)c1)CC2. The molecule has 1 saturated heterocycles. The van der Waals surface area contributed by atoms with Crippen molar-refractivity contribution in [3.8, 4) is 5.75 Å². The Bertz CT molecular complexity index is 715. The number of rotatable bonds is 3. The van der Waals surface area contributed by atoms with Crippen molar-refractivity contribution >= 4 is 12.0 Å². The number of carbonyl (C=O) groups excluding carboxylic acids is 2. The van der Waals surface area contributed by atoms with E-state index in [0.29, 0.717) is 13.1 Å². The summed E-state index contributed by atoms with van der Waals surface area (Å²) in [7, 11) is 1.42. The monoisotopic (exact) mass is 396 g/mol. The third-order valence-corrected chi connectivity index (χ3v) is 6.21. The molecule has 1 saturated carbocycles. The lowest BCUT2D eigenvalue weighted by Crippen LogP contribution is -2.48. The Morgan fingerprint density at radius 3 is 2.29 bits per heavy atom. The fourth-order valence-corrected chi connectivity index (χ4v) is 4.33. The van der Waals surface area contributed by atoms with Crippen LogP contribution in [0.25, 0.3) is 0 Å². The quantitative estimate of drug-likeness (QED) is 0.769. The number of phenols is 1. The molecule has 0 atom stereocenters. The number of ether oxygens (including phenoxy) is 1. The van der Waals surface area contributed by atoms with Crippen LogP contribution in [-0.4, -0.2) is 42.2 Å². The van der Waals surface area contributed by atoms with Crippen molar-refractivity contribution in [3.63, 3.8) is 0 Å². The van der Waals surface area contributed by atoms with Gasteiger partial charge >= 0.3 is 12.0 Å². The van der Waals surface area contributed by atoms with Crippen molar-refractivity contribution in [3.05, 3.63) is 29.3 Å². The minimum Gasteiger partial charge on any atom is -0.503 e. The molecule has 6 nitrogen and oxygen atoms in total. The van der Waals surface area contributed by atoms with Crippen LogP contribution in [0, 0.1) is 23.0 Å². The summed E-state index contributed by atoms with van der Waals surface area (Å²) in [6.07, 6.45) is 5.36. The molecule has 0 bridgehead atoms. The highest BCUT2D eigenvalue weighted by Gasteiger charge is 2.40. The van der Waals surface area contributed by atoms with Crippen LogP contribution in [-0.2, 0) is 16.1 Å². The van der Waals surface area contributed by atoms with Gasteiger partial charge in [-0.25, -0.2) is 13.6 Å². The first-order valence-electron chi connectivity index (χ1n) is 9.61. The minimum absolute atomic E-state index is 0.0111. The topological polar surface area (TPSA) is 78.9 Å². The highest BCUT2D eigenvalue weighted by molar-refractivity contribution is 5.74. The van der Waals surface area contributed by atoms with Gasteiger partial charge in [0.1, 0.15) is 0 Å². The number of carbonyl (C=O) groups is 2. The maximum atomic E-state index is 13.4. The molecule has 8 heteroatoms. The van der Waals surface area contributed by atoms with Crippen LogP contribution < -0.4 is 5.32 Å². The first-order valence-corrected chi connectivity index (χ1v) is 9.61. The number of methoxy groups -OCH3 is 1. The Balaban J connectivity index is 1.47. The van der Waals surface area contributed by atoms with Gasteiger partial charge in [-0.1, -0.05) is 0 Å². The van der Waals surface area contributed by atoms with Gasteiger partial charge in [-0.2, -0.15) is 0 Å². The highest BCUT2D eigenvalue weighted by atomic mass is 19.1. The lowest BCUT2D eigenvalue weighted by Gasteiger charge is -2.45. The molecule has 1 heterocycles. The summed E-state index contributed by atoms with van der Waals surface area (Å²) in [6, 6.07) is 1.74. The normalized spacial score (nSPS) is 19.5. The summed E-state index contributed by atoms with van der Waals surface area (Å²) in [5.41, 5.74) is 0.431. The van der Waals surface area contributed by atoms with Gasteiger partial charge in [0.15, 0.2) is 17.4 Å². The predicted molar refractivity (Wildman–Crippen MR) is 97.5 cm³/mol. The fourth-order valence-electron chi connectivity index (χ4n) is 4.33. The van der Waals surface area contributed by atoms with E-state index in [1.807, 2.05) is 0 Å². The Morgan fingerprint density at radius 1 is 1.18 bits per heavy atom. The number of nitrogens with zero attached hydrogens (tertiary/aromatic N) is 1. The number of hydrogen-bond acceptors (Lipinski definition) is 4. The molecule has 1 spiro atoms. The predicted octanol–water partition coefficient (Wildman–Crippen LogP) is 3.33. The number of amides is 2. The van der Waals surface area contributed by atoms with Gasteiger partial charge in [0.05, 0.1) is 13.0 Å². The van der Waals surface area contributed by atoms with E-state index in [1.54, 1.807) is 4.90 Å². The zero-order valence-electron chi connectivity index (χ0n) is 16.0. The summed E-state index contributed by atoms with van der Waals surface area (Å²) in [6.45, 7) is 1.22. The summed E-state index contributed by atoms with van der Waals surface area (Å²) in [5.74, 6) is -3.26. The van der Waals surface area contributed by atoms with E-state index in [2.05, 4.69) is 5.32 Å². The molecule has 154 valence electrons. The van der Waals surface area contributed by atoms with E-state index in [1.165, 1.54) is 7.11 Å². The molecule has 2 fully saturated rings. The zero-order chi connectivity index (χ0) is 20.3. The number of urea groups is 1. The molecule has 1 aromatic rings. The average molecular weight is 396 g/mol. The largest absolute Gasteiger partial charge is 0.503 e. The third-order valence-electron chi connectivity index (χ3n) is 6.21. The van der Waals surface area contributed by atoms with Gasteiger partial charge in [-0.3, -0.25) is 4.79 Å². The maximum absolute atomic E-state index is 13.4. The van der Waals surface area contributed by atoms with Crippen molar-refractivity contribution in [2.45, 2.75) is 45.1 Å². The van der Waals surface area contributed by atoms with Gasteiger partial charge in [0, 0.05) is 19.6 Å². The van der Waals surface area contributed by atoms with E-state index in [9.17, 15) is 18.4 Å². The molecular formula is C20H26F2N2O4. The van der Waals surface area contributed by atoms with Gasteiger partial charge in [-0.05, 0) is 61.6 Å². The minimum atomic E-state index is -1.05. The standard InChI is InChI=1S/C20H26F2N2O4/c1-28-18(26)14-2-4-20(5-3-14)6-8-24(9-7-20)19(27)23-12-13-10-15(21)17(25)16(22)11-13/h10-11,14,25H,2-9,12H2,1H3,(H,23,27). The van der Waals surface area contributed by atoms with Crippen LogP contribution in [0.3, 0.4) is 0 Å². The molecule has 3 rings (SSSR count). The molecule has 1 aliphatic heterocycles. The number of aromatic hydroxyl groups is 1. The Kier molecular flexibility index (Phi) is 6.05. The molecular weight excluding hydrogens is 370 g/mol. The number of likely N-dealkylation sites (tertiary alicyclic amines) is 1. The smallest absolute Gasteiger partial charge is 0.317 e. The second-order valence-electron chi connectivity index (χ2n) is 7.85. The number of hydrogen-bond donors (Lipinski definition) is 2. The highest BCUT2D eigenvalue weighted by Crippen LogP contribution is 2.46.